The second-order valence-electron chi connectivity index (χ2n) is 7.37. The van der Waals surface area contributed by atoms with Crippen LogP contribution in [-0.2, 0) is 10.1 Å². The second-order valence-corrected chi connectivity index (χ2v) is 8.80. The SMILES string of the molecule is Cc1ccc(S(=O)(=O)O)cc1.OCC1CCN1C(c1ccccc1)c1ccccc1. The van der Waals surface area contributed by atoms with Crippen LogP contribution in [0.1, 0.15) is 29.2 Å². The van der Waals surface area contributed by atoms with Gasteiger partial charge in [0.15, 0.2) is 0 Å². The number of aliphatic hydroxyl groups is 1. The minimum atomic E-state index is -4.02. The van der Waals surface area contributed by atoms with Crippen LogP contribution >= 0.6 is 0 Å². The van der Waals surface area contributed by atoms with Crippen molar-refractivity contribution in [2.24, 2.45) is 0 Å². The molecule has 0 aromatic heterocycles. The quantitative estimate of drug-likeness (QED) is 0.602. The Balaban J connectivity index is 0.000000199. The molecule has 0 aliphatic carbocycles. The molecule has 1 unspecified atom stereocenters. The minimum Gasteiger partial charge on any atom is -0.395 e. The van der Waals surface area contributed by atoms with Gasteiger partial charge in [0.25, 0.3) is 10.1 Å². The van der Waals surface area contributed by atoms with Crippen molar-refractivity contribution in [3.8, 4) is 0 Å². The third-order valence-electron chi connectivity index (χ3n) is 5.28. The Kier molecular flexibility index (Phi) is 7.39. The lowest BCUT2D eigenvalue weighted by Gasteiger charge is -2.45. The number of hydrogen-bond acceptors (Lipinski definition) is 4. The molecule has 1 heterocycles. The Bertz CT molecular complexity index is 980. The lowest BCUT2D eigenvalue weighted by atomic mass is 9.91. The van der Waals surface area contributed by atoms with Crippen LogP contribution < -0.4 is 0 Å². The van der Waals surface area contributed by atoms with E-state index in [0.29, 0.717) is 6.04 Å². The summed E-state index contributed by atoms with van der Waals surface area (Å²) in [5, 5.41) is 9.46. The van der Waals surface area contributed by atoms with Crippen LogP contribution in [0.4, 0.5) is 0 Å². The van der Waals surface area contributed by atoms with Gasteiger partial charge >= 0.3 is 0 Å². The van der Waals surface area contributed by atoms with Crippen LogP contribution in [0.25, 0.3) is 0 Å². The first-order chi connectivity index (χ1) is 14.4. The standard InChI is InChI=1S/C17H19NO.C7H8O3S/c19-13-16-11-12-18(16)17(14-7-3-1-4-8-14)15-9-5-2-6-10-15;1-6-2-4-7(5-3-6)11(8,9)10/h1-10,16-17,19H,11-13H2;2-5H,1H3,(H,8,9,10). The summed E-state index contributed by atoms with van der Waals surface area (Å²) in [5.41, 5.74) is 3.55. The molecule has 0 bridgehead atoms. The fourth-order valence-electron chi connectivity index (χ4n) is 3.55. The summed E-state index contributed by atoms with van der Waals surface area (Å²) in [4.78, 5) is 2.33. The van der Waals surface area contributed by atoms with Gasteiger partial charge in [0.05, 0.1) is 17.5 Å². The smallest absolute Gasteiger partial charge is 0.294 e. The summed E-state index contributed by atoms with van der Waals surface area (Å²) >= 11 is 0. The zero-order valence-electron chi connectivity index (χ0n) is 16.9. The molecule has 1 aliphatic heterocycles. The van der Waals surface area contributed by atoms with Gasteiger partial charge in [0.2, 0.25) is 0 Å². The lowest BCUT2D eigenvalue weighted by Crippen LogP contribution is -2.51. The van der Waals surface area contributed by atoms with Gasteiger partial charge in [-0.05, 0) is 36.6 Å². The van der Waals surface area contributed by atoms with Crippen molar-refractivity contribution >= 4 is 10.1 Å². The van der Waals surface area contributed by atoms with E-state index in [1.807, 2.05) is 19.1 Å². The highest BCUT2D eigenvalue weighted by Gasteiger charge is 2.34. The average Bonchev–Trinajstić information content (AvgIpc) is 2.73. The average molecular weight is 426 g/mol. The Morgan fingerprint density at radius 2 is 1.40 bits per heavy atom. The summed E-state index contributed by atoms with van der Waals surface area (Å²) in [6.45, 7) is 3.14. The van der Waals surface area contributed by atoms with Gasteiger partial charge in [-0.2, -0.15) is 8.42 Å². The molecule has 3 aromatic carbocycles. The van der Waals surface area contributed by atoms with E-state index in [1.54, 1.807) is 12.1 Å². The van der Waals surface area contributed by atoms with Gasteiger partial charge in [0.1, 0.15) is 0 Å². The maximum absolute atomic E-state index is 10.5. The van der Waals surface area contributed by atoms with Crippen molar-refractivity contribution in [1.82, 2.24) is 4.90 Å². The normalized spacial score (nSPS) is 16.5. The summed E-state index contributed by atoms with van der Waals surface area (Å²) in [6.07, 6.45) is 1.09. The van der Waals surface area contributed by atoms with Crippen LogP contribution in [0.5, 0.6) is 0 Å². The Labute approximate surface area is 178 Å². The largest absolute Gasteiger partial charge is 0.395 e. The summed E-state index contributed by atoms with van der Waals surface area (Å²) in [5.74, 6) is 0. The first kappa shape index (κ1) is 22.2. The molecule has 1 saturated heterocycles. The van der Waals surface area contributed by atoms with Crippen molar-refractivity contribution in [1.29, 1.82) is 0 Å². The van der Waals surface area contributed by atoms with Crippen molar-refractivity contribution in [3.63, 3.8) is 0 Å². The summed E-state index contributed by atoms with van der Waals surface area (Å²) in [7, 11) is -4.02. The lowest BCUT2D eigenvalue weighted by molar-refractivity contribution is 0.0174. The molecule has 3 aromatic rings. The van der Waals surface area contributed by atoms with Crippen molar-refractivity contribution in [2.45, 2.75) is 30.3 Å². The van der Waals surface area contributed by atoms with E-state index in [0.717, 1.165) is 18.5 Å². The number of aryl methyl sites for hydroxylation is 1. The molecule has 0 amide bonds. The van der Waals surface area contributed by atoms with Gasteiger partial charge in [-0.25, -0.2) is 0 Å². The van der Waals surface area contributed by atoms with Gasteiger partial charge in [-0.1, -0.05) is 78.4 Å². The van der Waals surface area contributed by atoms with E-state index in [4.69, 9.17) is 4.55 Å². The molecule has 5 nitrogen and oxygen atoms in total. The van der Waals surface area contributed by atoms with Gasteiger partial charge in [0, 0.05) is 12.6 Å². The number of rotatable bonds is 5. The number of likely N-dealkylation sites (tertiary alicyclic amines) is 1. The molecule has 30 heavy (non-hydrogen) atoms. The highest BCUT2D eigenvalue weighted by molar-refractivity contribution is 7.85. The molecule has 0 spiro atoms. The molecular weight excluding hydrogens is 398 g/mol. The minimum absolute atomic E-state index is 0.0666. The zero-order chi connectivity index (χ0) is 21.6. The fourth-order valence-corrected chi connectivity index (χ4v) is 4.03. The first-order valence-electron chi connectivity index (χ1n) is 9.91. The van der Waals surface area contributed by atoms with Crippen molar-refractivity contribution < 1.29 is 18.1 Å². The van der Waals surface area contributed by atoms with E-state index >= 15 is 0 Å². The predicted octanol–water partition coefficient (Wildman–Crippen LogP) is 4.08. The van der Waals surface area contributed by atoms with Gasteiger partial charge in [-0.3, -0.25) is 9.45 Å². The number of aliphatic hydroxyl groups excluding tert-OH is 1. The fraction of sp³-hybridized carbons (Fsp3) is 0.250. The first-order valence-corrected chi connectivity index (χ1v) is 11.3. The van der Waals surface area contributed by atoms with E-state index in [9.17, 15) is 13.5 Å². The number of hydrogen-bond donors (Lipinski definition) is 2. The maximum Gasteiger partial charge on any atom is 0.294 e. The van der Waals surface area contributed by atoms with E-state index in [1.165, 1.54) is 23.3 Å². The van der Waals surface area contributed by atoms with Crippen molar-refractivity contribution in [2.75, 3.05) is 13.2 Å². The third-order valence-corrected chi connectivity index (χ3v) is 6.15. The maximum atomic E-state index is 10.5. The van der Waals surface area contributed by atoms with E-state index in [2.05, 4.69) is 53.4 Å². The van der Waals surface area contributed by atoms with Gasteiger partial charge in [-0.15, -0.1) is 0 Å². The predicted molar refractivity (Wildman–Crippen MR) is 118 cm³/mol. The monoisotopic (exact) mass is 425 g/mol. The van der Waals surface area contributed by atoms with E-state index < -0.39 is 10.1 Å². The molecule has 1 aliphatic rings. The van der Waals surface area contributed by atoms with Crippen LogP contribution in [0.3, 0.4) is 0 Å². The summed E-state index contributed by atoms with van der Waals surface area (Å²) < 4.78 is 29.6. The highest BCUT2D eigenvalue weighted by Crippen LogP contribution is 2.35. The molecule has 0 radical (unpaired) electrons. The molecule has 1 atom stereocenters. The van der Waals surface area contributed by atoms with Crippen LogP contribution in [0.2, 0.25) is 0 Å². The van der Waals surface area contributed by atoms with Crippen LogP contribution in [0, 0.1) is 6.92 Å². The Morgan fingerprint density at radius 1 is 0.900 bits per heavy atom. The third kappa shape index (κ3) is 5.55. The molecule has 4 rings (SSSR count). The van der Waals surface area contributed by atoms with Crippen molar-refractivity contribution in [3.05, 3.63) is 102 Å². The molecule has 158 valence electrons. The molecule has 2 N–H and O–H groups in total. The molecular formula is C24H27NO4S. The van der Waals surface area contributed by atoms with Crippen LogP contribution in [-0.4, -0.2) is 42.2 Å². The molecule has 6 heteroatoms. The number of benzene rings is 3. The Hall–Kier alpha value is -2.51. The zero-order valence-corrected chi connectivity index (χ0v) is 17.7. The van der Waals surface area contributed by atoms with E-state index in [-0.39, 0.29) is 17.5 Å². The Morgan fingerprint density at radius 3 is 1.77 bits per heavy atom. The second kappa shape index (κ2) is 10.00. The molecule has 0 saturated carbocycles. The topological polar surface area (TPSA) is 77.8 Å². The van der Waals surface area contributed by atoms with Crippen LogP contribution in [0.15, 0.2) is 89.8 Å². The molecule has 1 fully saturated rings. The number of nitrogens with zero attached hydrogens (tertiary/aromatic N) is 1. The highest BCUT2D eigenvalue weighted by atomic mass is 32.2. The van der Waals surface area contributed by atoms with Gasteiger partial charge < -0.3 is 5.11 Å². The summed E-state index contributed by atoms with van der Waals surface area (Å²) in [6, 6.07) is 27.6.